The number of nitrogens with one attached hydrogen (secondary N) is 1. The molecular weight excluding hydrogens is 254 g/mol. The standard InChI is InChI=1S/C13H19N7/c1-14-12-16-11(10-6-7-15-19(10)2)17-13(18-12)20-8-4-3-5-9-20/h6-7H,3-5,8-9H2,1-2H3,(H,14,16,17,18). The lowest BCUT2D eigenvalue weighted by Crippen LogP contribution is -2.31. The van der Waals surface area contributed by atoms with Gasteiger partial charge in [-0.2, -0.15) is 20.1 Å². The van der Waals surface area contributed by atoms with Gasteiger partial charge in [0.05, 0.1) is 0 Å². The van der Waals surface area contributed by atoms with E-state index in [2.05, 4.69) is 30.3 Å². The molecule has 0 radical (unpaired) electrons. The zero-order valence-electron chi connectivity index (χ0n) is 11.9. The van der Waals surface area contributed by atoms with Crippen LogP contribution in [-0.2, 0) is 7.05 Å². The van der Waals surface area contributed by atoms with Crippen molar-refractivity contribution in [1.82, 2.24) is 24.7 Å². The number of aryl methyl sites for hydroxylation is 1. The fraction of sp³-hybridized carbons (Fsp3) is 0.538. The molecule has 0 atom stereocenters. The molecule has 3 rings (SSSR count). The minimum absolute atomic E-state index is 0.594. The van der Waals surface area contributed by atoms with Crippen molar-refractivity contribution in [1.29, 1.82) is 0 Å². The molecule has 1 saturated heterocycles. The van der Waals surface area contributed by atoms with Crippen molar-refractivity contribution in [3.63, 3.8) is 0 Å². The number of hydrogen-bond acceptors (Lipinski definition) is 6. The highest BCUT2D eigenvalue weighted by Crippen LogP contribution is 2.21. The second kappa shape index (κ2) is 5.44. The smallest absolute Gasteiger partial charge is 0.230 e. The van der Waals surface area contributed by atoms with E-state index in [1.54, 1.807) is 10.9 Å². The van der Waals surface area contributed by atoms with Gasteiger partial charge in [0, 0.05) is 33.4 Å². The number of aromatic nitrogens is 5. The summed E-state index contributed by atoms with van der Waals surface area (Å²) in [5.41, 5.74) is 0.891. The molecule has 0 bridgehead atoms. The van der Waals surface area contributed by atoms with Gasteiger partial charge in [-0.05, 0) is 25.3 Å². The van der Waals surface area contributed by atoms with Crippen LogP contribution in [0.5, 0.6) is 0 Å². The summed E-state index contributed by atoms with van der Waals surface area (Å²) in [6, 6.07) is 1.91. The number of piperidine rings is 1. The molecule has 0 aromatic carbocycles. The Morgan fingerprint density at radius 2 is 1.90 bits per heavy atom. The molecule has 20 heavy (non-hydrogen) atoms. The van der Waals surface area contributed by atoms with Crippen LogP contribution in [0.25, 0.3) is 11.5 Å². The third-order valence-electron chi connectivity index (χ3n) is 3.54. The van der Waals surface area contributed by atoms with Crippen LogP contribution in [0.4, 0.5) is 11.9 Å². The summed E-state index contributed by atoms with van der Waals surface area (Å²) in [7, 11) is 3.71. The molecule has 0 aliphatic carbocycles. The van der Waals surface area contributed by atoms with Crippen LogP contribution in [-0.4, -0.2) is 44.9 Å². The zero-order valence-corrected chi connectivity index (χ0v) is 11.9. The van der Waals surface area contributed by atoms with Crippen molar-refractivity contribution in [3.05, 3.63) is 12.3 Å². The summed E-state index contributed by atoms with van der Waals surface area (Å²) in [4.78, 5) is 15.7. The Bertz CT molecular complexity index is 586. The molecule has 1 N–H and O–H groups in total. The molecule has 2 aromatic rings. The average molecular weight is 273 g/mol. The molecule has 0 amide bonds. The van der Waals surface area contributed by atoms with E-state index in [-0.39, 0.29) is 0 Å². The molecule has 106 valence electrons. The van der Waals surface area contributed by atoms with E-state index < -0.39 is 0 Å². The van der Waals surface area contributed by atoms with Gasteiger partial charge in [0.15, 0.2) is 5.82 Å². The molecular formula is C13H19N7. The summed E-state index contributed by atoms with van der Waals surface area (Å²) in [5, 5.41) is 7.18. The monoisotopic (exact) mass is 273 g/mol. The van der Waals surface area contributed by atoms with Crippen LogP contribution in [0, 0.1) is 0 Å². The third kappa shape index (κ3) is 2.43. The maximum atomic E-state index is 4.61. The van der Waals surface area contributed by atoms with E-state index in [9.17, 15) is 0 Å². The average Bonchev–Trinajstić information content (AvgIpc) is 2.94. The second-order valence-electron chi connectivity index (χ2n) is 4.92. The highest BCUT2D eigenvalue weighted by Gasteiger charge is 2.17. The minimum atomic E-state index is 0.594. The fourth-order valence-corrected chi connectivity index (χ4v) is 2.42. The van der Waals surface area contributed by atoms with Gasteiger partial charge in [-0.1, -0.05) is 0 Å². The lowest BCUT2D eigenvalue weighted by atomic mass is 10.1. The van der Waals surface area contributed by atoms with Gasteiger partial charge >= 0.3 is 0 Å². The van der Waals surface area contributed by atoms with Crippen LogP contribution in [0.3, 0.4) is 0 Å². The van der Waals surface area contributed by atoms with Gasteiger partial charge in [0.2, 0.25) is 11.9 Å². The Kier molecular flexibility index (Phi) is 3.49. The summed E-state index contributed by atoms with van der Waals surface area (Å²) < 4.78 is 1.77. The maximum absolute atomic E-state index is 4.61. The van der Waals surface area contributed by atoms with Crippen LogP contribution in [0.2, 0.25) is 0 Å². The van der Waals surface area contributed by atoms with Crippen molar-refractivity contribution in [2.45, 2.75) is 19.3 Å². The van der Waals surface area contributed by atoms with Crippen molar-refractivity contribution >= 4 is 11.9 Å². The normalized spacial score (nSPS) is 15.4. The first-order chi connectivity index (χ1) is 9.78. The first-order valence-electron chi connectivity index (χ1n) is 6.95. The highest BCUT2D eigenvalue weighted by atomic mass is 15.3. The molecule has 0 unspecified atom stereocenters. The number of nitrogens with zero attached hydrogens (tertiary/aromatic N) is 6. The Labute approximate surface area is 118 Å². The summed E-state index contributed by atoms with van der Waals surface area (Å²) in [6.07, 6.45) is 5.43. The van der Waals surface area contributed by atoms with Crippen LogP contribution >= 0.6 is 0 Å². The summed E-state index contributed by atoms with van der Waals surface area (Å²) >= 11 is 0. The molecule has 1 fully saturated rings. The zero-order chi connectivity index (χ0) is 13.9. The largest absolute Gasteiger partial charge is 0.357 e. The first-order valence-corrected chi connectivity index (χ1v) is 6.95. The lowest BCUT2D eigenvalue weighted by Gasteiger charge is -2.26. The van der Waals surface area contributed by atoms with Crippen LogP contribution in [0.1, 0.15) is 19.3 Å². The quantitative estimate of drug-likeness (QED) is 0.909. The fourth-order valence-electron chi connectivity index (χ4n) is 2.42. The molecule has 1 aliphatic rings. The Morgan fingerprint density at radius 1 is 1.10 bits per heavy atom. The third-order valence-corrected chi connectivity index (χ3v) is 3.54. The topological polar surface area (TPSA) is 71.8 Å². The van der Waals surface area contributed by atoms with Gasteiger partial charge in [0.1, 0.15) is 5.69 Å². The van der Waals surface area contributed by atoms with E-state index in [4.69, 9.17) is 0 Å². The molecule has 2 aromatic heterocycles. The van der Waals surface area contributed by atoms with Gasteiger partial charge < -0.3 is 10.2 Å². The molecule has 1 aliphatic heterocycles. The molecule has 0 saturated carbocycles. The van der Waals surface area contributed by atoms with Gasteiger partial charge in [-0.25, -0.2) is 0 Å². The summed E-state index contributed by atoms with van der Waals surface area (Å²) in [6.45, 7) is 2.02. The van der Waals surface area contributed by atoms with Crippen LogP contribution in [0.15, 0.2) is 12.3 Å². The predicted octanol–water partition coefficient (Wildman–Crippen LogP) is 1.30. The maximum Gasteiger partial charge on any atom is 0.230 e. The predicted molar refractivity (Wildman–Crippen MR) is 77.6 cm³/mol. The number of anilines is 2. The van der Waals surface area contributed by atoms with E-state index >= 15 is 0 Å². The minimum Gasteiger partial charge on any atom is -0.357 e. The highest BCUT2D eigenvalue weighted by molar-refractivity contribution is 5.54. The lowest BCUT2D eigenvalue weighted by molar-refractivity contribution is 0.567. The van der Waals surface area contributed by atoms with E-state index in [0.29, 0.717) is 11.8 Å². The Balaban J connectivity index is 2.00. The molecule has 0 spiro atoms. The van der Waals surface area contributed by atoms with Gasteiger partial charge in [-0.3, -0.25) is 4.68 Å². The SMILES string of the molecule is CNc1nc(-c2ccnn2C)nc(N2CCCCC2)n1. The molecule has 3 heterocycles. The number of hydrogen-bond donors (Lipinski definition) is 1. The van der Waals surface area contributed by atoms with Crippen molar-refractivity contribution in [2.75, 3.05) is 30.4 Å². The van der Waals surface area contributed by atoms with Crippen molar-refractivity contribution in [3.8, 4) is 11.5 Å². The van der Waals surface area contributed by atoms with Crippen LogP contribution < -0.4 is 10.2 Å². The first kappa shape index (κ1) is 12.8. The van der Waals surface area contributed by atoms with Crippen molar-refractivity contribution < 1.29 is 0 Å². The Hall–Kier alpha value is -2.18. The van der Waals surface area contributed by atoms with Gasteiger partial charge in [0.25, 0.3) is 0 Å². The van der Waals surface area contributed by atoms with Crippen molar-refractivity contribution in [2.24, 2.45) is 7.05 Å². The van der Waals surface area contributed by atoms with E-state index in [0.717, 1.165) is 24.7 Å². The molecule has 7 heteroatoms. The number of rotatable bonds is 3. The second-order valence-corrected chi connectivity index (χ2v) is 4.92. The molecule has 7 nitrogen and oxygen atoms in total. The summed E-state index contributed by atoms with van der Waals surface area (Å²) in [5.74, 6) is 2.00. The Morgan fingerprint density at radius 3 is 2.55 bits per heavy atom. The van der Waals surface area contributed by atoms with Gasteiger partial charge in [-0.15, -0.1) is 0 Å². The van der Waals surface area contributed by atoms with E-state index in [1.165, 1.54) is 19.3 Å². The van der Waals surface area contributed by atoms with E-state index in [1.807, 2.05) is 20.2 Å².